The van der Waals surface area contributed by atoms with E-state index in [1.54, 1.807) is 0 Å². The van der Waals surface area contributed by atoms with Gasteiger partial charge >= 0.3 is 0 Å². The average molecular weight is 814 g/mol. The van der Waals surface area contributed by atoms with Crippen molar-refractivity contribution in [2.45, 2.75) is 0 Å². The van der Waals surface area contributed by atoms with Crippen LogP contribution in [0.2, 0.25) is 0 Å². The van der Waals surface area contributed by atoms with Crippen LogP contribution in [0.5, 0.6) is 0 Å². The zero-order valence-corrected chi connectivity index (χ0v) is 46.0. The van der Waals surface area contributed by atoms with Crippen molar-refractivity contribution in [2.24, 2.45) is 0 Å². The molecule has 0 fully saturated rings. The van der Waals surface area contributed by atoms with Crippen LogP contribution in [0, 0.1) is 0 Å². The Kier molecular flexibility index (Phi) is 12.3. The Labute approximate surface area is 419 Å². The van der Waals surface area contributed by atoms with E-state index in [4.69, 9.17) is 0 Å². The molecular formula is C40H52B26. The third-order valence-electron chi connectivity index (χ3n) is 19.4. The van der Waals surface area contributed by atoms with Crippen molar-refractivity contribution in [3.05, 3.63) is 0 Å². The highest BCUT2D eigenvalue weighted by Gasteiger charge is 2.31. The van der Waals surface area contributed by atoms with Gasteiger partial charge in [-0.15, -0.1) is 65.6 Å². The van der Waals surface area contributed by atoms with Gasteiger partial charge in [0.15, 0.2) is 0 Å². The molecule has 8 aromatic rings. The minimum atomic E-state index is 1.39. The van der Waals surface area contributed by atoms with Crippen LogP contribution in [-0.2, 0) is 0 Å². The van der Waals surface area contributed by atoms with Crippen LogP contribution in [0.1, 0.15) is 0 Å². The van der Waals surface area contributed by atoms with E-state index in [-0.39, 0.29) is 0 Å². The SMILES string of the molecule is Bc1c(B)c(B)c(-c2c3c(B)c(B)c(B)c(B)c3c(-c3c(B)c(B)c(B)c(B)c3B)c3c(B)c(-c4c(B)c5c(B)c(B)c(B)c(B)c5c5c(B)c(B)c(B)c(B)c45)c(B)c(B)c23)c(B)c1B. The van der Waals surface area contributed by atoms with Crippen molar-refractivity contribution in [2.75, 3.05) is 0 Å². The Morgan fingerprint density at radius 3 is 0.561 bits per heavy atom. The van der Waals surface area contributed by atoms with E-state index in [1.807, 2.05) is 0 Å². The molecule has 0 bridgehead atoms. The molecule has 0 saturated heterocycles. The molecule has 8 rings (SSSR count). The lowest BCUT2D eigenvalue weighted by molar-refractivity contribution is 1.83. The Bertz CT molecular complexity index is 3590. The molecule has 0 N–H and O–H groups in total. The molecule has 26 heteroatoms. The second kappa shape index (κ2) is 16.6. The van der Waals surface area contributed by atoms with Gasteiger partial charge < -0.3 is 0 Å². The first-order valence-corrected chi connectivity index (χ1v) is 24.8. The van der Waals surface area contributed by atoms with Crippen molar-refractivity contribution in [1.29, 1.82) is 0 Å². The molecule has 0 saturated carbocycles. The predicted octanol–water partition coefficient (Wildman–Crippen LogP) is -34.0. The molecule has 0 amide bonds. The monoisotopic (exact) mass is 819 g/mol. The third kappa shape index (κ3) is 6.29. The zero-order valence-electron chi connectivity index (χ0n) is 46.0. The van der Waals surface area contributed by atoms with Crippen LogP contribution in [-0.4, -0.2) is 204 Å². The minimum absolute atomic E-state index is 1.39. The Morgan fingerprint density at radius 2 is 0.242 bits per heavy atom. The number of benzene rings is 8. The van der Waals surface area contributed by atoms with Gasteiger partial charge in [0.1, 0.15) is 204 Å². The molecule has 0 heterocycles. The maximum absolute atomic E-state index is 2.51. The quantitative estimate of drug-likeness (QED) is 0.0947. The molecule has 290 valence electrons. The molecule has 0 unspecified atom stereocenters. The van der Waals surface area contributed by atoms with Gasteiger partial charge in [-0.3, -0.25) is 0 Å². The van der Waals surface area contributed by atoms with Crippen LogP contribution in [0.15, 0.2) is 0 Å². The van der Waals surface area contributed by atoms with Gasteiger partial charge in [0.25, 0.3) is 0 Å². The summed E-state index contributed by atoms with van der Waals surface area (Å²) in [6, 6.07) is 0. The fraction of sp³-hybridized carbons (Fsp3) is 0. The third-order valence-corrected chi connectivity index (χ3v) is 19.4. The van der Waals surface area contributed by atoms with Gasteiger partial charge in [0, 0.05) is 0 Å². The zero-order chi connectivity index (χ0) is 49.1. The molecule has 8 aromatic carbocycles. The molecule has 0 aliphatic heterocycles. The van der Waals surface area contributed by atoms with Crippen LogP contribution in [0.4, 0.5) is 0 Å². The fourth-order valence-electron chi connectivity index (χ4n) is 13.2. The van der Waals surface area contributed by atoms with Crippen LogP contribution < -0.4 is 142 Å². The normalized spacial score (nSPS) is 11.7. The summed E-state index contributed by atoms with van der Waals surface area (Å²) in [6.45, 7) is 0. The first-order chi connectivity index (χ1) is 30.7. The standard InChI is InChI=1S/C40H52B26/c41-15-3-1(11-24(50)35(61)39(65)36(62)25(11)51)5-6(19(45)30(56)29(55)18(5)44)2(12-26(52)37(63)40(66)38(64)27(12)53)4(3)17(43)23(49)13(15)9-7-8(21(47)32(58)31(57)20(7)46)10-14(16(9)42)28(54)34(60)33(59)22(10)48/h41-66H2. The highest BCUT2D eigenvalue weighted by Crippen LogP contribution is 2.40. The molecule has 0 nitrogen and oxygen atoms in total. The van der Waals surface area contributed by atoms with Crippen molar-refractivity contribution in [3.8, 4) is 33.4 Å². The topological polar surface area (TPSA) is 0 Å². The van der Waals surface area contributed by atoms with Crippen molar-refractivity contribution in [1.82, 2.24) is 0 Å². The molecule has 66 heavy (non-hydrogen) atoms. The lowest BCUT2D eigenvalue weighted by Crippen LogP contribution is -2.56. The van der Waals surface area contributed by atoms with E-state index in [0.717, 1.165) is 0 Å². The summed E-state index contributed by atoms with van der Waals surface area (Å²) in [6.07, 6.45) is 0. The Balaban J connectivity index is 1.84. The summed E-state index contributed by atoms with van der Waals surface area (Å²) in [5.74, 6) is 0. The van der Waals surface area contributed by atoms with Gasteiger partial charge in [0.2, 0.25) is 0 Å². The molecule has 0 spiro atoms. The lowest BCUT2D eigenvalue weighted by Gasteiger charge is -2.33. The van der Waals surface area contributed by atoms with E-state index < -0.39 is 0 Å². The molecule has 0 aliphatic rings. The van der Waals surface area contributed by atoms with Gasteiger partial charge in [-0.1, -0.05) is 76.5 Å². The molecule has 0 radical (unpaired) electrons. The summed E-state index contributed by atoms with van der Waals surface area (Å²) in [4.78, 5) is 0. The predicted molar refractivity (Wildman–Crippen MR) is 385 cm³/mol. The van der Waals surface area contributed by atoms with Crippen LogP contribution >= 0.6 is 0 Å². The summed E-state index contributed by atoms with van der Waals surface area (Å²) >= 11 is 0. The lowest BCUT2D eigenvalue weighted by atomic mass is 9.55. The maximum Gasteiger partial charge on any atom is 0.140 e. The van der Waals surface area contributed by atoms with E-state index in [2.05, 4.69) is 204 Å². The summed E-state index contributed by atoms with van der Waals surface area (Å²) in [5, 5.41) is 11.5. The smallest absolute Gasteiger partial charge is 0.102 e. The Hall–Kier alpha value is -3.51. The fourth-order valence-corrected chi connectivity index (χ4v) is 13.2. The second-order valence-electron chi connectivity index (χ2n) is 21.5. The Morgan fingerprint density at radius 1 is 0.0909 bits per heavy atom. The maximum atomic E-state index is 2.51. The number of fused-ring (bicyclic) bond motifs is 5. The van der Waals surface area contributed by atoms with Crippen LogP contribution in [0.25, 0.3) is 76.5 Å². The molecule has 0 aromatic heterocycles. The summed E-state index contributed by atoms with van der Waals surface area (Å²) < 4.78 is 0. The van der Waals surface area contributed by atoms with Gasteiger partial charge in [-0.05, 0) is 76.5 Å². The van der Waals surface area contributed by atoms with Crippen molar-refractivity contribution in [3.63, 3.8) is 0 Å². The largest absolute Gasteiger partial charge is 0.140 e. The first kappa shape index (κ1) is 48.9. The summed E-state index contributed by atoms with van der Waals surface area (Å²) in [5.41, 5.74) is 45.1. The van der Waals surface area contributed by atoms with E-state index in [9.17, 15) is 0 Å². The van der Waals surface area contributed by atoms with E-state index in [0.29, 0.717) is 0 Å². The van der Waals surface area contributed by atoms with Gasteiger partial charge in [-0.2, -0.15) is 0 Å². The van der Waals surface area contributed by atoms with Gasteiger partial charge in [-0.25, -0.2) is 0 Å². The highest BCUT2D eigenvalue weighted by molar-refractivity contribution is 6.77. The second-order valence-corrected chi connectivity index (χ2v) is 21.5. The minimum Gasteiger partial charge on any atom is -0.102 e. The molecule has 0 aliphatic carbocycles. The van der Waals surface area contributed by atoms with E-state index >= 15 is 0 Å². The molecule has 0 atom stereocenters. The highest BCUT2D eigenvalue weighted by atomic mass is 14.3. The van der Waals surface area contributed by atoms with Crippen molar-refractivity contribution >= 4 is 389 Å². The average Bonchev–Trinajstić information content (AvgIpc) is 3.28. The first-order valence-electron chi connectivity index (χ1n) is 24.8. The van der Waals surface area contributed by atoms with Crippen molar-refractivity contribution < 1.29 is 0 Å². The van der Waals surface area contributed by atoms with E-state index in [1.165, 1.54) is 219 Å². The van der Waals surface area contributed by atoms with Gasteiger partial charge in [0.05, 0.1) is 0 Å². The number of hydrogen-bond acceptors (Lipinski definition) is 0. The summed E-state index contributed by atoms with van der Waals surface area (Å²) in [7, 11) is 62.2. The molecular weight excluding hydrogens is 762 g/mol. The number of rotatable bonds is 3. The van der Waals surface area contributed by atoms with Crippen LogP contribution in [0.3, 0.4) is 0 Å². The number of hydrogen-bond donors (Lipinski definition) is 0.